The van der Waals surface area contributed by atoms with Gasteiger partial charge in [0.1, 0.15) is 11.5 Å². The van der Waals surface area contributed by atoms with Crippen LogP contribution in [0.2, 0.25) is 0 Å². The van der Waals surface area contributed by atoms with Crippen LogP contribution in [0.1, 0.15) is 22.3 Å². The number of hydrogen-bond donors (Lipinski definition) is 2. The Morgan fingerprint density at radius 1 is 0.500 bits per heavy atom. The molecule has 0 aliphatic rings. The highest BCUT2D eigenvalue weighted by Gasteiger charge is 2.04. The van der Waals surface area contributed by atoms with Gasteiger partial charge in [0.15, 0.2) is 0 Å². The Balaban J connectivity index is 1.66. The van der Waals surface area contributed by atoms with Gasteiger partial charge in [-0.25, -0.2) is 0 Å². The third kappa shape index (κ3) is 4.39. The topological polar surface area (TPSA) is 40.5 Å². The lowest BCUT2D eigenvalue weighted by Gasteiger charge is -2.10. The lowest BCUT2D eigenvalue weighted by Crippen LogP contribution is -1.99. The van der Waals surface area contributed by atoms with Crippen molar-refractivity contribution in [2.24, 2.45) is 0 Å². The molecule has 0 saturated carbocycles. The number of aryl methyl sites for hydroxylation is 4. The van der Waals surface area contributed by atoms with Gasteiger partial charge in [-0.1, -0.05) is 48.5 Å². The first-order chi connectivity index (χ1) is 11.7. The largest absolute Gasteiger partial charge is 0.508 e. The molecule has 0 atom stereocenters. The summed E-state index contributed by atoms with van der Waals surface area (Å²) >= 11 is 0. The van der Waals surface area contributed by atoms with Crippen molar-refractivity contribution in [1.82, 2.24) is 0 Å². The Bertz CT molecular complexity index is 740. The van der Waals surface area contributed by atoms with Crippen molar-refractivity contribution in [3.05, 3.63) is 95.1 Å². The van der Waals surface area contributed by atoms with Gasteiger partial charge in [0.25, 0.3) is 0 Å². The number of phenolic OH excluding ortho intramolecular Hbond substituents is 2. The first-order valence-electron chi connectivity index (χ1n) is 8.33. The second-order valence-electron chi connectivity index (χ2n) is 6.11. The third-order valence-corrected chi connectivity index (χ3v) is 4.31. The molecule has 24 heavy (non-hydrogen) atoms. The SMILES string of the molecule is Oc1cccc(CCc2ccccc2CCc2cccc(O)c2)c1. The molecule has 0 radical (unpaired) electrons. The quantitative estimate of drug-likeness (QED) is 0.693. The highest BCUT2D eigenvalue weighted by molar-refractivity contribution is 5.33. The van der Waals surface area contributed by atoms with Crippen LogP contribution in [-0.2, 0) is 25.7 Å². The summed E-state index contributed by atoms with van der Waals surface area (Å²) in [5.41, 5.74) is 5.00. The predicted molar refractivity (Wildman–Crippen MR) is 97.5 cm³/mol. The second kappa shape index (κ2) is 7.69. The van der Waals surface area contributed by atoms with Crippen molar-refractivity contribution in [2.75, 3.05) is 0 Å². The molecule has 122 valence electrons. The zero-order chi connectivity index (χ0) is 16.8. The van der Waals surface area contributed by atoms with Gasteiger partial charge in [0.05, 0.1) is 0 Å². The van der Waals surface area contributed by atoms with Crippen LogP contribution in [0.15, 0.2) is 72.8 Å². The number of aromatic hydroxyl groups is 2. The molecule has 2 N–H and O–H groups in total. The standard InChI is InChI=1S/C22H22O2/c23-21-9-3-5-17(15-21)11-13-19-7-1-2-8-20(19)14-12-18-6-4-10-22(24)16-18/h1-10,15-16,23-24H,11-14H2. The van der Waals surface area contributed by atoms with Crippen molar-refractivity contribution in [3.63, 3.8) is 0 Å². The van der Waals surface area contributed by atoms with E-state index in [2.05, 4.69) is 36.4 Å². The molecule has 0 aromatic heterocycles. The molecular formula is C22H22O2. The minimum Gasteiger partial charge on any atom is -0.508 e. The fourth-order valence-electron chi connectivity index (χ4n) is 3.03. The Labute approximate surface area is 143 Å². The maximum Gasteiger partial charge on any atom is 0.115 e. The Morgan fingerprint density at radius 3 is 1.38 bits per heavy atom. The van der Waals surface area contributed by atoms with Crippen molar-refractivity contribution in [2.45, 2.75) is 25.7 Å². The van der Waals surface area contributed by atoms with Crippen LogP contribution in [0.3, 0.4) is 0 Å². The molecule has 0 aliphatic heterocycles. The zero-order valence-corrected chi connectivity index (χ0v) is 13.7. The van der Waals surface area contributed by atoms with Gasteiger partial charge < -0.3 is 10.2 Å². The van der Waals surface area contributed by atoms with E-state index in [0.717, 1.165) is 36.8 Å². The van der Waals surface area contributed by atoms with Gasteiger partial charge in [-0.2, -0.15) is 0 Å². The van der Waals surface area contributed by atoms with Gasteiger partial charge in [-0.15, -0.1) is 0 Å². The lowest BCUT2D eigenvalue weighted by molar-refractivity contribution is 0.474. The Morgan fingerprint density at radius 2 is 0.958 bits per heavy atom. The van der Waals surface area contributed by atoms with E-state index in [0.29, 0.717) is 11.5 Å². The van der Waals surface area contributed by atoms with Crippen LogP contribution in [0, 0.1) is 0 Å². The summed E-state index contributed by atoms with van der Waals surface area (Å²) < 4.78 is 0. The van der Waals surface area contributed by atoms with E-state index in [9.17, 15) is 10.2 Å². The molecule has 0 fully saturated rings. The molecule has 2 nitrogen and oxygen atoms in total. The summed E-state index contributed by atoms with van der Waals surface area (Å²) in [4.78, 5) is 0. The minimum absolute atomic E-state index is 0.324. The van der Waals surface area contributed by atoms with E-state index >= 15 is 0 Å². The Hall–Kier alpha value is -2.74. The van der Waals surface area contributed by atoms with Crippen molar-refractivity contribution >= 4 is 0 Å². The van der Waals surface area contributed by atoms with E-state index in [1.165, 1.54) is 11.1 Å². The van der Waals surface area contributed by atoms with Gasteiger partial charge in [0, 0.05) is 0 Å². The highest BCUT2D eigenvalue weighted by atomic mass is 16.3. The fraction of sp³-hybridized carbons (Fsp3) is 0.182. The summed E-state index contributed by atoms with van der Waals surface area (Å²) in [6.07, 6.45) is 3.74. The molecule has 3 rings (SSSR count). The maximum atomic E-state index is 9.58. The van der Waals surface area contributed by atoms with E-state index < -0.39 is 0 Å². The summed E-state index contributed by atoms with van der Waals surface area (Å²) in [5.74, 6) is 0.648. The molecule has 0 amide bonds. The van der Waals surface area contributed by atoms with Crippen LogP contribution >= 0.6 is 0 Å². The number of benzene rings is 3. The molecule has 2 heteroatoms. The van der Waals surface area contributed by atoms with Crippen molar-refractivity contribution in [1.29, 1.82) is 0 Å². The molecule has 0 saturated heterocycles. The summed E-state index contributed by atoms with van der Waals surface area (Å²) in [6, 6.07) is 23.5. The normalized spacial score (nSPS) is 10.7. The maximum absolute atomic E-state index is 9.58. The van der Waals surface area contributed by atoms with E-state index in [1.54, 1.807) is 12.1 Å². The van der Waals surface area contributed by atoms with Crippen LogP contribution in [0.5, 0.6) is 11.5 Å². The molecule has 0 bridgehead atoms. The van der Waals surface area contributed by atoms with Crippen LogP contribution < -0.4 is 0 Å². The monoisotopic (exact) mass is 318 g/mol. The molecule has 3 aromatic carbocycles. The number of rotatable bonds is 6. The molecule has 3 aromatic rings. The van der Waals surface area contributed by atoms with Crippen molar-refractivity contribution < 1.29 is 10.2 Å². The van der Waals surface area contributed by atoms with Crippen molar-refractivity contribution in [3.8, 4) is 11.5 Å². The van der Waals surface area contributed by atoms with Crippen LogP contribution in [0.25, 0.3) is 0 Å². The number of phenols is 2. The van der Waals surface area contributed by atoms with Crippen LogP contribution in [0.4, 0.5) is 0 Å². The first kappa shape index (κ1) is 16.1. The van der Waals surface area contributed by atoms with Gasteiger partial charge >= 0.3 is 0 Å². The van der Waals surface area contributed by atoms with Crippen LogP contribution in [-0.4, -0.2) is 10.2 Å². The molecule has 0 unspecified atom stereocenters. The molecule has 0 heterocycles. The smallest absolute Gasteiger partial charge is 0.115 e. The Kier molecular flexibility index (Phi) is 5.17. The molecular weight excluding hydrogens is 296 g/mol. The molecule has 0 spiro atoms. The minimum atomic E-state index is 0.324. The average Bonchev–Trinajstić information content (AvgIpc) is 2.59. The fourth-order valence-corrected chi connectivity index (χ4v) is 3.03. The average molecular weight is 318 g/mol. The first-order valence-corrected chi connectivity index (χ1v) is 8.33. The van der Waals surface area contributed by atoms with Gasteiger partial charge in [-0.05, 0) is 72.2 Å². The second-order valence-corrected chi connectivity index (χ2v) is 6.11. The van der Waals surface area contributed by atoms with E-state index in [4.69, 9.17) is 0 Å². The lowest BCUT2D eigenvalue weighted by atomic mass is 9.95. The summed E-state index contributed by atoms with van der Waals surface area (Å²) in [6.45, 7) is 0. The highest BCUT2D eigenvalue weighted by Crippen LogP contribution is 2.18. The molecule has 0 aliphatic carbocycles. The zero-order valence-electron chi connectivity index (χ0n) is 13.7. The van der Waals surface area contributed by atoms with E-state index in [1.807, 2.05) is 24.3 Å². The number of hydrogen-bond acceptors (Lipinski definition) is 2. The van der Waals surface area contributed by atoms with Gasteiger partial charge in [-0.3, -0.25) is 0 Å². The van der Waals surface area contributed by atoms with E-state index in [-0.39, 0.29) is 0 Å². The third-order valence-electron chi connectivity index (χ3n) is 4.31. The predicted octanol–water partition coefficient (Wildman–Crippen LogP) is 4.67. The summed E-state index contributed by atoms with van der Waals surface area (Å²) in [5, 5.41) is 19.2. The van der Waals surface area contributed by atoms with Gasteiger partial charge in [0.2, 0.25) is 0 Å². The summed E-state index contributed by atoms with van der Waals surface area (Å²) in [7, 11) is 0.